The van der Waals surface area contributed by atoms with Crippen LogP contribution in [0.1, 0.15) is 39.1 Å². The minimum Gasteiger partial charge on any atom is -0.484 e. The number of hydrogen-bond donors (Lipinski definition) is 1. The summed E-state index contributed by atoms with van der Waals surface area (Å²) in [4.78, 5) is 30.0. The monoisotopic (exact) mass is 548 g/mol. The van der Waals surface area contributed by atoms with Gasteiger partial charge in [-0.15, -0.1) is 10.2 Å². The summed E-state index contributed by atoms with van der Waals surface area (Å²) >= 11 is 8.77. The second-order valence-corrected chi connectivity index (χ2v) is 12.0. The average molecular weight is 550 g/mol. The number of ether oxygens (including phenoxy) is 2. The zero-order valence-electron chi connectivity index (χ0n) is 17.7. The zero-order valence-corrected chi connectivity index (χ0v) is 21.2. The number of aromatic nitrogens is 2. The molecule has 2 amide bonds. The summed E-state index contributed by atoms with van der Waals surface area (Å²) in [5.41, 5.74) is -0.684. The second kappa shape index (κ2) is 10.2. The molecule has 0 bridgehead atoms. The van der Waals surface area contributed by atoms with Crippen LogP contribution in [0.2, 0.25) is 11.1 Å². The van der Waals surface area contributed by atoms with Crippen molar-refractivity contribution in [2.75, 3.05) is 12.8 Å². The molecule has 32 heavy (non-hydrogen) atoms. The Hall–Kier alpha value is -2.18. The SMILES string of the molecule is CC(C)(C)OC(=O)N1C[Si@@H](NC(=O)COc2ccc(Cl)c(F)c2)CC[C@@H]1c1nnc(Br)o1. The number of nitrogens with zero attached hydrogens (tertiary/aromatic N) is 3. The number of rotatable bonds is 5. The molecule has 0 unspecified atom stereocenters. The highest BCUT2D eigenvalue weighted by atomic mass is 79.9. The topological polar surface area (TPSA) is 107 Å². The summed E-state index contributed by atoms with van der Waals surface area (Å²) in [7, 11) is -1.92. The van der Waals surface area contributed by atoms with Gasteiger partial charge in [0, 0.05) is 28.2 Å². The number of carbonyl (C=O) groups excluding carboxylic acids is 2. The molecule has 13 heteroatoms. The van der Waals surface area contributed by atoms with Crippen LogP contribution in [-0.2, 0) is 9.53 Å². The van der Waals surface area contributed by atoms with Crippen LogP contribution in [0.15, 0.2) is 27.4 Å². The van der Waals surface area contributed by atoms with Gasteiger partial charge in [-0.3, -0.25) is 9.69 Å². The molecule has 1 saturated heterocycles. The fraction of sp³-hybridized carbons (Fsp3) is 0.474. The number of benzene rings is 1. The Balaban J connectivity index is 1.63. The van der Waals surface area contributed by atoms with Crippen LogP contribution < -0.4 is 9.72 Å². The lowest BCUT2D eigenvalue weighted by Crippen LogP contribution is -2.55. The first-order chi connectivity index (χ1) is 15.0. The summed E-state index contributed by atoms with van der Waals surface area (Å²) in [5, 5.41) is 7.76. The molecule has 0 saturated carbocycles. The minimum atomic E-state index is -1.92. The van der Waals surface area contributed by atoms with Crippen LogP contribution in [0.3, 0.4) is 0 Å². The molecule has 9 nitrogen and oxygen atoms in total. The molecule has 174 valence electrons. The Kier molecular flexibility index (Phi) is 7.78. The molecule has 3 rings (SSSR count). The van der Waals surface area contributed by atoms with E-state index in [4.69, 9.17) is 25.5 Å². The third kappa shape index (κ3) is 6.66. The van der Waals surface area contributed by atoms with Crippen LogP contribution in [0.5, 0.6) is 5.75 Å². The Morgan fingerprint density at radius 1 is 1.41 bits per heavy atom. The van der Waals surface area contributed by atoms with Crippen LogP contribution in [-0.4, -0.2) is 54.4 Å². The van der Waals surface area contributed by atoms with Gasteiger partial charge in [-0.1, -0.05) is 11.6 Å². The molecular formula is C19H23BrClFN4O5Si. The van der Waals surface area contributed by atoms with Crippen molar-refractivity contribution in [1.82, 2.24) is 20.1 Å². The lowest BCUT2D eigenvalue weighted by molar-refractivity contribution is -0.121. The van der Waals surface area contributed by atoms with Crippen LogP contribution in [0.25, 0.3) is 0 Å². The van der Waals surface area contributed by atoms with E-state index < -0.39 is 32.5 Å². The molecule has 1 fully saturated rings. The summed E-state index contributed by atoms with van der Waals surface area (Å²) in [6.45, 7) is 5.05. The van der Waals surface area contributed by atoms with E-state index in [1.807, 2.05) is 0 Å². The maximum absolute atomic E-state index is 13.5. The van der Waals surface area contributed by atoms with E-state index in [2.05, 4.69) is 31.1 Å². The molecule has 1 aliphatic heterocycles. The number of hydrogen-bond acceptors (Lipinski definition) is 7. The van der Waals surface area contributed by atoms with Gasteiger partial charge in [0.1, 0.15) is 23.2 Å². The summed E-state index contributed by atoms with van der Waals surface area (Å²) in [5.74, 6) is -0.475. The molecule has 1 aliphatic rings. The van der Waals surface area contributed by atoms with Gasteiger partial charge in [-0.25, -0.2) is 9.18 Å². The first kappa shape index (κ1) is 24.5. The van der Waals surface area contributed by atoms with Gasteiger partial charge in [-0.2, -0.15) is 0 Å². The van der Waals surface area contributed by atoms with Gasteiger partial charge in [0.15, 0.2) is 15.6 Å². The van der Waals surface area contributed by atoms with Crippen molar-refractivity contribution in [3.05, 3.63) is 39.7 Å². The normalized spacial score (nSPS) is 18.9. The number of halogens is 3. The van der Waals surface area contributed by atoms with E-state index in [-0.39, 0.29) is 28.1 Å². The largest absolute Gasteiger partial charge is 0.484 e. The molecule has 2 aromatic rings. The molecule has 0 aliphatic carbocycles. The zero-order chi connectivity index (χ0) is 23.5. The van der Waals surface area contributed by atoms with Gasteiger partial charge in [0.25, 0.3) is 4.80 Å². The van der Waals surface area contributed by atoms with E-state index in [0.29, 0.717) is 24.5 Å². The Labute approximate surface area is 199 Å². The van der Waals surface area contributed by atoms with Crippen LogP contribution >= 0.6 is 27.5 Å². The lowest BCUT2D eigenvalue weighted by atomic mass is 10.2. The molecule has 2 heterocycles. The highest BCUT2D eigenvalue weighted by Crippen LogP contribution is 2.32. The van der Waals surface area contributed by atoms with E-state index >= 15 is 0 Å². The Bertz CT molecular complexity index is 989. The molecule has 0 radical (unpaired) electrons. The third-order valence-electron chi connectivity index (χ3n) is 4.54. The van der Waals surface area contributed by atoms with E-state index in [0.717, 1.165) is 6.07 Å². The number of amides is 2. The van der Waals surface area contributed by atoms with E-state index in [1.54, 1.807) is 20.8 Å². The number of carbonyl (C=O) groups is 2. The Morgan fingerprint density at radius 3 is 2.78 bits per heavy atom. The fourth-order valence-electron chi connectivity index (χ4n) is 3.20. The maximum atomic E-state index is 13.5. The standard InChI is InChI=1S/C19H23BrClFN4O5Si/c1-19(2,3)31-18(28)26-10-32(7-6-14(26)16-23-24-17(20)30-16)25-15(27)9-29-11-4-5-12(21)13(22)8-11/h4-5,8,14,32H,6-7,9-10H2,1-3H3,(H,25,27)/t14-,32+/m1/s1. The van der Waals surface area contributed by atoms with E-state index in [1.165, 1.54) is 17.0 Å². The molecule has 0 spiro atoms. The smallest absolute Gasteiger partial charge is 0.410 e. The van der Waals surface area contributed by atoms with Gasteiger partial charge in [0.2, 0.25) is 11.8 Å². The Morgan fingerprint density at radius 2 is 2.16 bits per heavy atom. The van der Waals surface area contributed by atoms with Crippen LogP contribution in [0.4, 0.5) is 9.18 Å². The van der Waals surface area contributed by atoms with Crippen molar-refractivity contribution < 1.29 is 27.9 Å². The third-order valence-corrected chi connectivity index (χ3v) is 7.76. The lowest BCUT2D eigenvalue weighted by Gasteiger charge is -2.38. The quantitative estimate of drug-likeness (QED) is 0.566. The first-order valence-electron chi connectivity index (χ1n) is 9.87. The van der Waals surface area contributed by atoms with Crippen molar-refractivity contribution >= 4 is 48.5 Å². The van der Waals surface area contributed by atoms with Gasteiger partial charge in [-0.05, 0) is 45.4 Å². The van der Waals surface area contributed by atoms with Gasteiger partial charge in [0.05, 0.1) is 5.02 Å². The predicted molar refractivity (Wildman–Crippen MR) is 119 cm³/mol. The van der Waals surface area contributed by atoms with Crippen molar-refractivity contribution in [2.24, 2.45) is 0 Å². The summed E-state index contributed by atoms with van der Waals surface area (Å²) < 4.78 is 29.9. The van der Waals surface area contributed by atoms with Gasteiger partial charge >= 0.3 is 6.09 Å². The van der Waals surface area contributed by atoms with Crippen LogP contribution in [0, 0.1) is 5.82 Å². The first-order valence-corrected chi connectivity index (χ1v) is 13.3. The van der Waals surface area contributed by atoms with Crippen molar-refractivity contribution in [3.63, 3.8) is 0 Å². The molecule has 1 aromatic heterocycles. The minimum absolute atomic E-state index is 0.0264. The average Bonchev–Trinajstić information content (AvgIpc) is 3.13. The predicted octanol–water partition coefficient (Wildman–Crippen LogP) is 3.76. The maximum Gasteiger partial charge on any atom is 0.410 e. The van der Waals surface area contributed by atoms with Crippen molar-refractivity contribution in [2.45, 2.75) is 44.9 Å². The van der Waals surface area contributed by atoms with Crippen molar-refractivity contribution in [3.8, 4) is 5.75 Å². The van der Waals surface area contributed by atoms with Gasteiger partial charge < -0.3 is 18.9 Å². The molecule has 1 N–H and O–H groups in total. The highest BCUT2D eigenvalue weighted by molar-refractivity contribution is 9.10. The van der Waals surface area contributed by atoms with Crippen molar-refractivity contribution in [1.29, 1.82) is 0 Å². The summed E-state index contributed by atoms with van der Waals surface area (Å²) in [6.07, 6.45) is 0.339. The fourth-order valence-corrected chi connectivity index (χ4v) is 6.12. The number of nitrogens with one attached hydrogen (secondary N) is 1. The summed E-state index contributed by atoms with van der Waals surface area (Å²) in [6, 6.07) is 4.21. The molecular weight excluding hydrogens is 527 g/mol. The molecule has 2 atom stereocenters. The highest BCUT2D eigenvalue weighted by Gasteiger charge is 2.39. The second-order valence-electron chi connectivity index (χ2n) is 8.25. The molecule has 1 aromatic carbocycles. The van der Waals surface area contributed by atoms with E-state index in [9.17, 15) is 14.0 Å².